The van der Waals surface area contributed by atoms with Crippen LogP contribution in [0.1, 0.15) is 37.7 Å². The first-order chi connectivity index (χ1) is 8.18. The van der Waals surface area contributed by atoms with Crippen LogP contribution >= 0.6 is 15.9 Å². The molecule has 0 aliphatic heterocycles. The van der Waals surface area contributed by atoms with Gasteiger partial charge in [-0.2, -0.15) is 0 Å². The van der Waals surface area contributed by atoms with Crippen molar-refractivity contribution in [2.45, 2.75) is 43.4 Å². The summed E-state index contributed by atoms with van der Waals surface area (Å²) in [4.78, 5) is 0.438. The molecule has 0 heterocycles. The summed E-state index contributed by atoms with van der Waals surface area (Å²) in [6.07, 6.45) is 6.57. The summed E-state index contributed by atoms with van der Waals surface area (Å²) in [6, 6.07) is 4.47. The third kappa shape index (κ3) is 3.27. The Morgan fingerprint density at radius 1 is 1.12 bits per heavy atom. The first-order valence-electron chi connectivity index (χ1n) is 6.25. The van der Waals surface area contributed by atoms with Crippen molar-refractivity contribution >= 4 is 15.9 Å². The van der Waals surface area contributed by atoms with Gasteiger partial charge in [0.1, 0.15) is 0 Å². The third-order valence-corrected chi connectivity index (χ3v) is 4.79. The maximum Gasteiger partial charge on any atom is 0.162 e. The first kappa shape index (κ1) is 13.0. The minimum absolute atomic E-state index is 0.425. The molecular weight excluding hydrogens is 286 g/mol. The van der Waals surface area contributed by atoms with Gasteiger partial charge in [0.25, 0.3) is 0 Å². The second-order valence-electron chi connectivity index (χ2n) is 4.83. The van der Waals surface area contributed by atoms with Crippen LogP contribution in [0.3, 0.4) is 0 Å². The van der Waals surface area contributed by atoms with E-state index in [4.69, 9.17) is 0 Å². The van der Waals surface area contributed by atoms with Gasteiger partial charge in [0.2, 0.25) is 0 Å². The summed E-state index contributed by atoms with van der Waals surface area (Å²) in [5, 5.41) is 0. The van der Waals surface area contributed by atoms with Crippen molar-refractivity contribution in [2.24, 2.45) is 5.92 Å². The Morgan fingerprint density at radius 3 is 2.71 bits per heavy atom. The predicted octanol–water partition coefficient (Wildman–Crippen LogP) is 4.85. The minimum atomic E-state index is -0.734. The van der Waals surface area contributed by atoms with E-state index in [-0.39, 0.29) is 0 Å². The van der Waals surface area contributed by atoms with E-state index in [0.29, 0.717) is 22.7 Å². The predicted molar refractivity (Wildman–Crippen MR) is 69.4 cm³/mol. The van der Waals surface area contributed by atoms with Crippen LogP contribution in [0.2, 0.25) is 0 Å². The van der Waals surface area contributed by atoms with Crippen LogP contribution in [-0.4, -0.2) is 4.83 Å². The Bertz CT molecular complexity index is 378. The summed E-state index contributed by atoms with van der Waals surface area (Å²) in [6.45, 7) is 0. The second-order valence-corrected chi connectivity index (χ2v) is 6.01. The molecule has 1 saturated carbocycles. The summed E-state index contributed by atoms with van der Waals surface area (Å²) in [5.41, 5.74) is 0.515. The minimum Gasteiger partial charge on any atom is -0.204 e. The molecule has 0 spiro atoms. The molecule has 2 atom stereocenters. The normalized spacial score (nSPS) is 25.6. The molecule has 1 aromatic rings. The lowest BCUT2D eigenvalue weighted by atomic mass is 9.92. The molecule has 0 radical (unpaired) electrons. The van der Waals surface area contributed by atoms with Crippen LogP contribution in [0.15, 0.2) is 18.2 Å². The van der Waals surface area contributed by atoms with E-state index in [1.807, 2.05) is 0 Å². The molecule has 0 aromatic heterocycles. The molecule has 1 aromatic carbocycles. The van der Waals surface area contributed by atoms with Crippen molar-refractivity contribution in [3.8, 4) is 0 Å². The molecular formula is C14H17BrF2. The number of alkyl halides is 1. The van der Waals surface area contributed by atoms with Crippen molar-refractivity contribution in [2.75, 3.05) is 0 Å². The monoisotopic (exact) mass is 302 g/mol. The summed E-state index contributed by atoms with van der Waals surface area (Å²) >= 11 is 3.69. The summed E-state index contributed by atoms with van der Waals surface area (Å²) in [7, 11) is 0. The van der Waals surface area contributed by atoms with Crippen molar-refractivity contribution in [3.63, 3.8) is 0 Å². The molecule has 0 N–H and O–H groups in total. The summed E-state index contributed by atoms with van der Waals surface area (Å²) in [5.74, 6) is -0.979. The van der Waals surface area contributed by atoms with Crippen LogP contribution in [0.5, 0.6) is 0 Å². The average molecular weight is 303 g/mol. The van der Waals surface area contributed by atoms with Crippen LogP contribution in [-0.2, 0) is 6.42 Å². The maximum absolute atomic E-state index is 13.6. The van der Waals surface area contributed by atoms with E-state index in [0.717, 1.165) is 12.8 Å². The Kier molecular flexibility index (Phi) is 4.55. The maximum atomic E-state index is 13.6. The molecule has 0 nitrogen and oxygen atoms in total. The molecule has 0 saturated heterocycles. The van der Waals surface area contributed by atoms with Gasteiger partial charge in [-0.15, -0.1) is 0 Å². The zero-order chi connectivity index (χ0) is 12.3. The van der Waals surface area contributed by atoms with E-state index < -0.39 is 11.6 Å². The van der Waals surface area contributed by atoms with Gasteiger partial charge in [-0.1, -0.05) is 47.3 Å². The Balaban J connectivity index is 2.10. The van der Waals surface area contributed by atoms with Crippen molar-refractivity contribution in [3.05, 3.63) is 35.4 Å². The molecule has 1 aliphatic carbocycles. The van der Waals surface area contributed by atoms with Gasteiger partial charge < -0.3 is 0 Å². The number of rotatable bonds is 2. The van der Waals surface area contributed by atoms with Crippen LogP contribution in [0.25, 0.3) is 0 Å². The Labute approximate surface area is 110 Å². The van der Waals surface area contributed by atoms with Gasteiger partial charge in [-0.25, -0.2) is 8.78 Å². The number of hydrogen-bond acceptors (Lipinski definition) is 0. The SMILES string of the molecule is Fc1cccc(CC2CCCCCC2Br)c1F. The largest absolute Gasteiger partial charge is 0.204 e. The molecule has 1 aliphatic rings. The van der Waals surface area contributed by atoms with Crippen LogP contribution < -0.4 is 0 Å². The Morgan fingerprint density at radius 2 is 1.88 bits per heavy atom. The highest BCUT2D eigenvalue weighted by Crippen LogP contribution is 2.32. The van der Waals surface area contributed by atoms with Crippen molar-refractivity contribution in [1.82, 2.24) is 0 Å². The standard InChI is InChI=1S/C14H17BrF2/c15-12-7-3-1-2-5-10(12)9-11-6-4-8-13(16)14(11)17/h4,6,8,10,12H,1-3,5,7,9H2. The highest BCUT2D eigenvalue weighted by Gasteiger charge is 2.23. The van der Waals surface area contributed by atoms with E-state index in [1.54, 1.807) is 12.1 Å². The molecule has 94 valence electrons. The van der Waals surface area contributed by atoms with Gasteiger partial charge in [-0.05, 0) is 36.8 Å². The fourth-order valence-corrected chi connectivity index (χ4v) is 3.33. The molecule has 0 bridgehead atoms. The first-order valence-corrected chi connectivity index (χ1v) is 7.17. The molecule has 2 rings (SSSR count). The molecule has 17 heavy (non-hydrogen) atoms. The zero-order valence-electron chi connectivity index (χ0n) is 9.76. The molecule has 0 amide bonds. The third-order valence-electron chi connectivity index (χ3n) is 3.58. The quantitative estimate of drug-likeness (QED) is 0.541. The highest BCUT2D eigenvalue weighted by molar-refractivity contribution is 9.09. The molecule has 3 heteroatoms. The van der Waals surface area contributed by atoms with E-state index >= 15 is 0 Å². The van der Waals surface area contributed by atoms with Crippen molar-refractivity contribution < 1.29 is 8.78 Å². The van der Waals surface area contributed by atoms with Crippen molar-refractivity contribution in [1.29, 1.82) is 0 Å². The second kappa shape index (κ2) is 5.94. The fourth-order valence-electron chi connectivity index (χ4n) is 2.56. The van der Waals surface area contributed by atoms with E-state index in [9.17, 15) is 8.78 Å². The highest BCUT2D eigenvalue weighted by atomic mass is 79.9. The topological polar surface area (TPSA) is 0 Å². The number of benzene rings is 1. The lowest BCUT2D eigenvalue weighted by Gasteiger charge is -2.20. The van der Waals surface area contributed by atoms with Crippen LogP contribution in [0, 0.1) is 17.6 Å². The zero-order valence-corrected chi connectivity index (χ0v) is 11.3. The fraction of sp³-hybridized carbons (Fsp3) is 0.571. The van der Waals surface area contributed by atoms with Gasteiger partial charge in [-0.3, -0.25) is 0 Å². The Hall–Kier alpha value is -0.440. The number of hydrogen-bond donors (Lipinski definition) is 0. The van der Waals surface area contributed by atoms with E-state index in [2.05, 4.69) is 15.9 Å². The smallest absolute Gasteiger partial charge is 0.162 e. The van der Waals surface area contributed by atoms with Gasteiger partial charge in [0, 0.05) is 4.83 Å². The van der Waals surface area contributed by atoms with Gasteiger partial charge >= 0.3 is 0 Å². The lowest BCUT2D eigenvalue weighted by Crippen LogP contribution is -2.16. The molecule has 1 fully saturated rings. The van der Waals surface area contributed by atoms with Crippen LogP contribution in [0.4, 0.5) is 8.78 Å². The average Bonchev–Trinajstić information content (AvgIpc) is 2.51. The van der Waals surface area contributed by atoms with Gasteiger partial charge in [0.05, 0.1) is 0 Å². The lowest BCUT2D eigenvalue weighted by molar-refractivity contribution is 0.448. The molecule has 2 unspecified atom stereocenters. The van der Waals surface area contributed by atoms with Gasteiger partial charge in [0.15, 0.2) is 11.6 Å². The summed E-state index contributed by atoms with van der Waals surface area (Å²) < 4.78 is 26.7. The number of halogens is 3. The van der Waals surface area contributed by atoms with E-state index in [1.165, 1.54) is 25.3 Å².